The van der Waals surface area contributed by atoms with E-state index in [-0.39, 0.29) is 6.03 Å². The maximum Gasteiger partial charge on any atom is 0.315 e. The smallest absolute Gasteiger partial charge is 0.315 e. The molecule has 2 aromatic rings. The molecule has 23 heavy (non-hydrogen) atoms. The molecule has 2 aromatic heterocycles. The number of aryl methyl sites for hydroxylation is 1. The van der Waals surface area contributed by atoms with Crippen LogP contribution in [0.15, 0.2) is 23.7 Å². The summed E-state index contributed by atoms with van der Waals surface area (Å²) in [7, 11) is 0. The Morgan fingerprint density at radius 2 is 2.17 bits per heavy atom. The average Bonchev–Trinajstić information content (AvgIpc) is 3.30. The number of hydrogen-bond donors (Lipinski definition) is 2. The Hall–Kier alpha value is -2.15. The second-order valence-electron chi connectivity index (χ2n) is 5.68. The largest absolute Gasteiger partial charge is 0.477 e. The molecule has 2 amide bonds. The van der Waals surface area contributed by atoms with Gasteiger partial charge in [0.15, 0.2) is 0 Å². The van der Waals surface area contributed by atoms with Crippen LogP contribution in [0, 0.1) is 12.8 Å². The molecule has 0 bridgehead atoms. The predicted octanol–water partition coefficient (Wildman–Crippen LogP) is 2.63. The summed E-state index contributed by atoms with van der Waals surface area (Å²) in [5.41, 5.74) is 1.91. The summed E-state index contributed by atoms with van der Waals surface area (Å²) in [4.78, 5) is 20.3. The molecule has 0 aromatic carbocycles. The van der Waals surface area contributed by atoms with Gasteiger partial charge in [0.25, 0.3) is 0 Å². The van der Waals surface area contributed by atoms with Gasteiger partial charge in [0, 0.05) is 29.9 Å². The fourth-order valence-electron chi connectivity index (χ4n) is 1.97. The van der Waals surface area contributed by atoms with Gasteiger partial charge in [0.1, 0.15) is 5.01 Å². The number of rotatable bonds is 7. The van der Waals surface area contributed by atoms with Gasteiger partial charge in [-0.25, -0.2) is 14.8 Å². The Balaban J connectivity index is 1.37. The van der Waals surface area contributed by atoms with Crippen LogP contribution < -0.4 is 15.4 Å². The number of urea groups is 1. The van der Waals surface area contributed by atoms with Crippen LogP contribution in [-0.4, -0.2) is 22.6 Å². The van der Waals surface area contributed by atoms with E-state index in [1.165, 1.54) is 12.8 Å². The summed E-state index contributed by atoms with van der Waals surface area (Å²) in [5, 5.41) is 8.45. The molecule has 7 heteroatoms. The molecule has 2 heterocycles. The number of nitrogens with zero attached hydrogens (tertiary/aromatic N) is 2. The van der Waals surface area contributed by atoms with E-state index in [0.717, 1.165) is 22.9 Å². The van der Waals surface area contributed by atoms with Gasteiger partial charge in [-0.15, -0.1) is 11.3 Å². The van der Waals surface area contributed by atoms with Gasteiger partial charge in [0.2, 0.25) is 5.88 Å². The van der Waals surface area contributed by atoms with Gasteiger partial charge < -0.3 is 15.4 Å². The quantitative estimate of drug-likeness (QED) is 0.817. The highest BCUT2D eigenvalue weighted by molar-refractivity contribution is 7.09. The summed E-state index contributed by atoms with van der Waals surface area (Å²) in [5.74, 6) is 1.35. The van der Waals surface area contributed by atoms with Crippen LogP contribution in [0.5, 0.6) is 5.88 Å². The van der Waals surface area contributed by atoms with Crippen LogP contribution in [0.1, 0.15) is 29.1 Å². The van der Waals surface area contributed by atoms with Crippen molar-refractivity contribution in [2.45, 2.75) is 32.9 Å². The van der Waals surface area contributed by atoms with E-state index >= 15 is 0 Å². The first-order chi connectivity index (χ1) is 11.2. The van der Waals surface area contributed by atoms with Crippen molar-refractivity contribution in [2.75, 3.05) is 6.61 Å². The maximum absolute atomic E-state index is 11.8. The van der Waals surface area contributed by atoms with Gasteiger partial charge in [-0.1, -0.05) is 6.07 Å². The van der Waals surface area contributed by atoms with Crippen molar-refractivity contribution >= 4 is 17.4 Å². The number of thiazole rings is 1. The van der Waals surface area contributed by atoms with Gasteiger partial charge in [0.05, 0.1) is 13.2 Å². The van der Waals surface area contributed by atoms with Crippen LogP contribution in [0.2, 0.25) is 0 Å². The maximum atomic E-state index is 11.8. The minimum atomic E-state index is -0.216. The zero-order valence-electron chi connectivity index (χ0n) is 13.0. The van der Waals surface area contributed by atoms with Crippen molar-refractivity contribution in [1.29, 1.82) is 0 Å². The van der Waals surface area contributed by atoms with E-state index in [1.54, 1.807) is 17.5 Å². The number of amides is 2. The van der Waals surface area contributed by atoms with Crippen molar-refractivity contribution in [3.8, 4) is 5.88 Å². The summed E-state index contributed by atoms with van der Waals surface area (Å²) in [6.07, 6.45) is 4.25. The average molecular weight is 332 g/mol. The number of nitrogens with one attached hydrogen (secondary N) is 2. The monoisotopic (exact) mass is 332 g/mol. The normalized spacial score (nSPS) is 13.6. The van der Waals surface area contributed by atoms with E-state index in [9.17, 15) is 4.79 Å². The van der Waals surface area contributed by atoms with E-state index < -0.39 is 0 Å². The van der Waals surface area contributed by atoms with Gasteiger partial charge in [-0.05, 0) is 31.2 Å². The number of pyridine rings is 1. The third-order valence-corrected chi connectivity index (χ3v) is 4.45. The molecule has 0 atom stereocenters. The van der Waals surface area contributed by atoms with E-state index in [4.69, 9.17) is 4.74 Å². The Labute approximate surface area is 139 Å². The number of aromatic nitrogens is 2. The van der Waals surface area contributed by atoms with Gasteiger partial charge in [-0.2, -0.15) is 0 Å². The second-order valence-corrected chi connectivity index (χ2v) is 6.62. The van der Waals surface area contributed by atoms with E-state index in [0.29, 0.717) is 24.9 Å². The van der Waals surface area contributed by atoms with E-state index in [2.05, 4.69) is 20.6 Å². The van der Waals surface area contributed by atoms with Crippen molar-refractivity contribution in [3.05, 3.63) is 40.0 Å². The Morgan fingerprint density at radius 3 is 2.83 bits per heavy atom. The molecule has 122 valence electrons. The lowest BCUT2D eigenvalue weighted by molar-refractivity contribution is 0.240. The van der Waals surface area contributed by atoms with Crippen LogP contribution >= 0.6 is 11.3 Å². The Bertz CT molecular complexity index is 652. The number of ether oxygens (including phenoxy) is 1. The molecular weight excluding hydrogens is 312 g/mol. The standard InChI is InChI=1S/C16H20N4O2S/c1-11-10-23-15(20-11)8-19-16(21)18-7-13-4-5-14(17-6-13)22-9-12-2-3-12/h4-6,10,12H,2-3,7-9H2,1H3,(H2,18,19,21). The lowest BCUT2D eigenvalue weighted by atomic mass is 10.3. The first-order valence-corrected chi connectivity index (χ1v) is 8.57. The topological polar surface area (TPSA) is 76.1 Å². The summed E-state index contributed by atoms with van der Waals surface area (Å²) < 4.78 is 5.58. The number of carbonyl (C=O) groups excluding carboxylic acids is 1. The zero-order valence-corrected chi connectivity index (χ0v) is 13.9. The van der Waals surface area contributed by atoms with Crippen molar-refractivity contribution < 1.29 is 9.53 Å². The molecule has 2 N–H and O–H groups in total. The highest BCUT2D eigenvalue weighted by Crippen LogP contribution is 2.29. The minimum Gasteiger partial charge on any atom is -0.477 e. The van der Waals surface area contributed by atoms with Crippen LogP contribution in [0.25, 0.3) is 0 Å². The number of hydrogen-bond acceptors (Lipinski definition) is 5. The highest BCUT2D eigenvalue weighted by atomic mass is 32.1. The van der Waals surface area contributed by atoms with E-state index in [1.807, 2.05) is 24.4 Å². The summed E-state index contributed by atoms with van der Waals surface area (Å²) >= 11 is 1.54. The lowest BCUT2D eigenvalue weighted by Crippen LogP contribution is -2.34. The minimum absolute atomic E-state index is 0.216. The second kappa shape index (κ2) is 7.41. The van der Waals surface area contributed by atoms with Gasteiger partial charge >= 0.3 is 6.03 Å². The summed E-state index contributed by atoms with van der Waals surface area (Å²) in [6, 6.07) is 3.54. The van der Waals surface area contributed by atoms with Crippen LogP contribution in [0.4, 0.5) is 4.79 Å². The molecule has 0 saturated heterocycles. The SMILES string of the molecule is Cc1csc(CNC(=O)NCc2ccc(OCC3CC3)nc2)n1. The zero-order chi connectivity index (χ0) is 16.1. The fourth-order valence-corrected chi connectivity index (χ4v) is 2.68. The molecule has 1 aliphatic carbocycles. The lowest BCUT2D eigenvalue weighted by Gasteiger charge is -2.07. The molecule has 0 unspecified atom stereocenters. The Morgan fingerprint density at radius 1 is 1.35 bits per heavy atom. The predicted molar refractivity (Wildman–Crippen MR) is 88.4 cm³/mol. The fraction of sp³-hybridized carbons (Fsp3) is 0.438. The third kappa shape index (κ3) is 5.21. The Kier molecular flexibility index (Phi) is 5.07. The molecule has 0 aliphatic heterocycles. The number of carbonyl (C=O) groups is 1. The summed E-state index contributed by atoms with van der Waals surface area (Å²) in [6.45, 7) is 3.56. The molecule has 1 saturated carbocycles. The molecular formula is C16H20N4O2S. The molecule has 0 spiro atoms. The van der Waals surface area contributed by atoms with Crippen molar-refractivity contribution in [2.24, 2.45) is 5.92 Å². The molecule has 1 fully saturated rings. The first kappa shape index (κ1) is 15.7. The highest BCUT2D eigenvalue weighted by Gasteiger charge is 2.22. The van der Waals surface area contributed by atoms with Crippen molar-refractivity contribution in [3.63, 3.8) is 0 Å². The third-order valence-electron chi connectivity index (χ3n) is 3.48. The van der Waals surface area contributed by atoms with Crippen LogP contribution in [-0.2, 0) is 13.1 Å². The molecule has 0 radical (unpaired) electrons. The molecule has 3 rings (SSSR count). The van der Waals surface area contributed by atoms with Crippen molar-refractivity contribution in [1.82, 2.24) is 20.6 Å². The molecule has 1 aliphatic rings. The molecule has 6 nitrogen and oxygen atoms in total. The van der Waals surface area contributed by atoms with Crippen LogP contribution in [0.3, 0.4) is 0 Å². The first-order valence-electron chi connectivity index (χ1n) is 7.69. The van der Waals surface area contributed by atoms with Gasteiger partial charge in [-0.3, -0.25) is 0 Å².